The Bertz CT molecular complexity index is 99.8. The first-order valence-electron chi connectivity index (χ1n) is 3.37. The fourth-order valence-corrected chi connectivity index (χ4v) is 0.897. The minimum Gasteiger partial charge on any atom is -0.368 e. The quantitative estimate of drug-likeness (QED) is 0.547. The van der Waals surface area contributed by atoms with E-state index in [2.05, 4.69) is 0 Å². The van der Waals surface area contributed by atoms with Crippen LogP contribution in [0.1, 0.15) is 13.8 Å². The third-order valence-corrected chi connectivity index (χ3v) is 1.42. The fraction of sp³-hybridized carbons (Fsp3) is 1.00. The van der Waals surface area contributed by atoms with Crippen LogP contribution in [0.4, 0.5) is 0 Å². The predicted molar refractivity (Wildman–Crippen MR) is 40.6 cm³/mol. The van der Waals surface area contributed by atoms with Crippen molar-refractivity contribution in [2.75, 3.05) is 20.6 Å². The molecule has 0 aromatic heterocycles. The second-order valence-corrected chi connectivity index (χ2v) is 3.60. The molecular weight excluding hydrogens is 130 g/mol. The van der Waals surface area contributed by atoms with Crippen LogP contribution in [-0.2, 0) is 0 Å². The van der Waals surface area contributed by atoms with Gasteiger partial charge in [-0.05, 0) is 14.1 Å². The first kappa shape index (κ1) is 9.88. The summed E-state index contributed by atoms with van der Waals surface area (Å²) in [6.45, 7) is 4.31. The fourth-order valence-electron chi connectivity index (χ4n) is 0.897. The van der Waals surface area contributed by atoms with Crippen molar-refractivity contribution in [3.8, 4) is 0 Å². The summed E-state index contributed by atoms with van der Waals surface area (Å²) >= 11 is 0. The standard InChI is InChI=1S/C7H17NO2/c1-7(2,6(9)10)5-8(3)4/h6,9-10H,5H2,1-4H3. The molecule has 0 bridgehead atoms. The Morgan fingerprint density at radius 2 is 1.70 bits per heavy atom. The lowest BCUT2D eigenvalue weighted by Gasteiger charge is -2.29. The van der Waals surface area contributed by atoms with Crippen LogP contribution in [-0.4, -0.2) is 42.0 Å². The normalized spacial score (nSPS) is 13.2. The number of aliphatic hydroxyl groups excluding tert-OH is 1. The van der Waals surface area contributed by atoms with E-state index in [1.54, 1.807) is 0 Å². The Balaban J connectivity index is 3.87. The largest absolute Gasteiger partial charge is 0.368 e. The van der Waals surface area contributed by atoms with E-state index in [-0.39, 0.29) is 0 Å². The molecule has 0 fully saturated rings. The summed E-state index contributed by atoms with van der Waals surface area (Å²) in [7, 11) is 3.81. The van der Waals surface area contributed by atoms with Crippen molar-refractivity contribution < 1.29 is 10.2 Å². The summed E-state index contributed by atoms with van der Waals surface area (Å²) in [4.78, 5) is 1.93. The molecule has 0 unspecified atom stereocenters. The topological polar surface area (TPSA) is 43.7 Å². The van der Waals surface area contributed by atoms with Gasteiger partial charge >= 0.3 is 0 Å². The first-order valence-corrected chi connectivity index (χ1v) is 3.37. The Hall–Kier alpha value is -0.120. The van der Waals surface area contributed by atoms with Gasteiger partial charge in [-0.1, -0.05) is 13.8 Å². The zero-order valence-corrected chi connectivity index (χ0v) is 7.13. The SMILES string of the molecule is CN(C)CC(C)(C)C(O)O. The molecule has 0 amide bonds. The predicted octanol–water partition coefficient (Wildman–Crippen LogP) is -0.115. The van der Waals surface area contributed by atoms with Gasteiger partial charge in [-0.3, -0.25) is 0 Å². The van der Waals surface area contributed by atoms with E-state index in [1.807, 2.05) is 32.8 Å². The van der Waals surface area contributed by atoms with Crippen molar-refractivity contribution >= 4 is 0 Å². The lowest BCUT2D eigenvalue weighted by atomic mass is 9.92. The minimum atomic E-state index is -1.24. The number of rotatable bonds is 3. The molecular formula is C7H17NO2. The second kappa shape index (κ2) is 3.32. The third-order valence-electron chi connectivity index (χ3n) is 1.42. The van der Waals surface area contributed by atoms with Crippen LogP contribution in [0, 0.1) is 5.41 Å². The zero-order valence-electron chi connectivity index (χ0n) is 7.13. The van der Waals surface area contributed by atoms with Crippen molar-refractivity contribution in [1.29, 1.82) is 0 Å². The van der Waals surface area contributed by atoms with Crippen molar-refractivity contribution in [2.45, 2.75) is 20.1 Å². The number of hydrogen-bond acceptors (Lipinski definition) is 3. The molecule has 0 atom stereocenters. The molecule has 0 saturated carbocycles. The van der Waals surface area contributed by atoms with Gasteiger partial charge in [0.1, 0.15) is 0 Å². The van der Waals surface area contributed by atoms with Crippen LogP contribution >= 0.6 is 0 Å². The van der Waals surface area contributed by atoms with Crippen LogP contribution < -0.4 is 0 Å². The van der Waals surface area contributed by atoms with Crippen LogP contribution in [0.3, 0.4) is 0 Å². The van der Waals surface area contributed by atoms with E-state index in [9.17, 15) is 0 Å². The van der Waals surface area contributed by atoms with Crippen LogP contribution in [0.15, 0.2) is 0 Å². The molecule has 2 N–H and O–H groups in total. The molecule has 0 aromatic rings. The highest BCUT2D eigenvalue weighted by molar-refractivity contribution is 4.72. The molecule has 3 heteroatoms. The van der Waals surface area contributed by atoms with Gasteiger partial charge in [-0.2, -0.15) is 0 Å². The summed E-state index contributed by atoms with van der Waals surface area (Å²) in [6, 6.07) is 0. The highest BCUT2D eigenvalue weighted by Gasteiger charge is 2.26. The van der Waals surface area contributed by atoms with E-state index in [4.69, 9.17) is 10.2 Å². The minimum absolute atomic E-state index is 0.441. The van der Waals surface area contributed by atoms with Gasteiger partial charge in [-0.25, -0.2) is 0 Å². The third kappa shape index (κ3) is 3.15. The van der Waals surface area contributed by atoms with Gasteiger partial charge in [0.15, 0.2) is 6.29 Å². The van der Waals surface area contributed by atoms with E-state index in [0.29, 0.717) is 6.54 Å². The van der Waals surface area contributed by atoms with E-state index in [1.165, 1.54) is 0 Å². The van der Waals surface area contributed by atoms with Gasteiger partial charge in [0.2, 0.25) is 0 Å². The smallest absolute Gasteiger partial charge is 0.157 e. The molecule has 0 radical (unpaired) electrons. The Labute approximate surface area is 62.3 Å². The van der Waals surface area contributed by atoms with Crippen molar-refractivity contribution in [2.24, 2.45) is 5.41 Å². The summed E-state index contributed by atoms with van der Waals surface area (Å²) in [5, 5.41) is 17.7. The molecule has 3 nitrogen and oxygen atoms in total. The first-order chi connectivity index (χ1) is 4.36. The van der Waals surface area contributed by atoms with Crippen molar-refractivity contribution in [3.63, 3.8) is 0 Å². The molecule has 0 aromatic carbocycles. The van der Waals surface area contributed by atoms with E-state index >= 15 is 0 Å². The van der Waals surface area contributed by atoms with Crippen molar-refractivity contribution in [3.05, 3.63) is 0 Å². The van der Waals surface area contributed by atoms with E-state index in [0.717, 1.165) is 0 Å². The van der Waals surface area contributed by atoms with Crippen LogP contribution in [0.25, 0.3) is 0 Å². The molecule has 10 heavy (non-hydrogen) atoms. The molecule has 0 spiro atoms. The highest BCUT2D eigenvalue weighted by atomic mass is 16.5. The summed E-state index contributed by atoms with van der Waals surface area (Å²) in [6.07, 6.45) is -1.24. The maximum Gasteiger partial charge on any atom is 0.157 e. The van der Waals surface area contributed by atoms with Gasteiger partial charge in [-0.15, -0.1) is 0 Å². The molecule has 0 aliphatic rings. The summed E-state index contributed by atoms with van der Waals surface area (Å²) in [5.74, 6) is 0. The van der Waals surface area contributed by atoms with Gasteiger partial charge in [0.25, 0.3) is 0 Å². The Kier molecular flexibility index (Phi) is 3.28. The maximum absolute atomic E-state index is 8.86. The van der Waals surface area contributed by atoms with Gasteiger partial charge < -0.3 is 15.1 Å². The van der Waals surface area contributed by atoms with Crippen LogP contribution in [0.5, 0.6) is 0 Å². The van der Waals surface area contributed by atoms with E-state index < -0.39 is 11.7 Å². The number of hydrogen-bond donors (Lipinski definition) is 2. The lowest BCUT2D eigenvalue weighted by molar-refractivity contribution is -0.126. The molecule has 0 saturated heterocycles. The molecule has 0 aliphatic carbocycles. The Morgan fingerprint density at radius 3 is 1.80 bits per heavy atom. The summed E-state index contributed by atoms with van der Waals surface area (Å²) in [5.41, 5.74) is -0.441. The van der Waals surface area contributed by atoms with Gasteiger partial charge in [0.05, 0.1) is 0 Å². The lowest BCUT2D eigenvalue weighted by Crippen LogP contribution is -2.38. The molecule has 0 rings (SSSR count). The zero-order chi connectivity index (χ0) is 8.36. The van der Waals surface area contributed by atoms with Crippen LogP contribution in [0.2, 0.25) is 0 Å². The van der Waals surface area contributed by atoms with Crippen molar-refractivity contribution in [1.82, 2.24) is 4.90 Å². The molecule has 0 aliphatic heterocycles. The van der Waals surface area contributed by atoms with Gasteiger partial charge in [0, 0.05) is 12.0 Å². The summed E-state index contributed by atoms with van der Waals surface area (Å²) < 4.78 is 0. The second-order valence-electron chi connectivity index (χ2n) is 3.60. The highest BCUT2D eigenvalue weighted by Crippen LogP contribution is 2.18. The number of aliphatic hydroxyl groups is 2. The average Bonchev–Trinajstić information content (AvgIpc) is 1.60. The average molecular weight is 147 g/mol. The Morgan fingerprint density at radius 1 is 1.30 bits per heavy atom. The maximum atomic E-state index is 8.86. The molecule has 62 valence electrons. The monoisotopic (exact) mass is 147 g/mol. The molecule has 0 heterocycles. The number of nitrogens with zero attached hydrogens (tertiary/aromatic N) is 1.